The Morgan fingerprint density at radius 3 is 2.85 bits per heavy atom. The number of aromatic amines is 1. The van der Waals surface area contributed by atoms with Gasteiger partial charge in [-0.1, -0.05) is 19.1 Å². The highest BCUT2D eigenvalue weighted by Gasteiger charge is 2.26. The number of pyridine rings is 2. The van der Waals surface area contributed by atoms with E-state index in [1.165, 1.54) is 5.56 Å². The van der Waals surface area contributed by atoms with E-state index in [0.29, 0.717) is 18.5 Å². The Morgan fingerprint density at radius 2 is 2.08 bits per heavy atom. The van der Waals surface area contributed by atoms with E-state index in [0.717, 1.165) is 35.0 Å². The predicted molar refractivity (Wildman–Crippen MR) is 102 cm³/mol. The molecule has 2 aromatic heterocycles. The summed E-state index contributed by atoms with van der Waals surface area (Å²) >= 11 is 0. The quantitative estimate of drug-likeness (QED) is 0.764. The fourth-order valence-electron chi connectivity index (χ4n) is 3.70. The van der Waals surface area contributed by atoms with E-state index in [-0.39, 0.29) is 17.4 Å². The van der Waals surface area contributed by atoms with Gasteiger partial charge < -0.3 is 10.3 Å². The Balaban J connectivity index is 1.77. The van der Waals surface area contributed by atoms with Crippen molar-refractivity contribution in [3.8, 4) is 11.3 Å². The van der Waals surface area contributed by atoms with Crippen molar-refractivity contribution in [1.29, 1.82) is 0 Å². The number of aromatic nitrogens is 2. The molecule has 5 heteroatoms. The molecule has 3 aromatic rings. The number of amides is 1. The van der Waals surface area contributed by atoms with Crippen LogP contribution >= 0.6 is 0 Å². The number of hydrogen-bond donors (Lipinski definition) is 2. The highest BCUT2D eigenvalue weighted by Crippen LogP contribution is 2.27. The Labute approximate surface area is 151 Å². The lowest BCUT2D eigenvalue weighted by Gasteiger charge is -2.21. The average Bonchev–Trinajstić information content (AvgIpc) is 2.67. The molecule has 1 amide bonds. The van der Waals surface area contributed by atoms with Crippen LogP contribution in [0.1, 0.15) is 36.8 Å². The molecule has 26 heavy (non-hydrogen) atoms. The number of carbonyl (C=O) groups excluding carboxylic acids is 1. The molecule has 0 saturated carbocycles. The summed E-state index contributed by atoms with van der Waals surface area (Å²) < 4.78 is 0. The van der Waals surface area contributed by atoms with Gasteiger partial charge in [0.25, 0.3) is 5.56 Å². The van der Waals surface area contributed by atoms with Gasteiger partial charge in [-0.3, -0.25) is 14.6 Å². The molecule has 2 N–H and O–H groups in total. The van der Waals surface area contributed by atoms with Gasteiger partial charge in [0, 0.05) is 34.9 Å². The fourth-order valence-corrected chi connectivity index (χ4v) is 3.70. The minimum Gasteiger partial charge on any atom is -0.356 e. The first-order chi connectivity index (χ1) is 12.7. The molecule has 3 heterocycles. The van der Waals surface area contributed by atoms with E-state index in [2.05, 4.69) is 34.3 Å². The zero-order chi connectivity index (χ0) is 18.1. The van der Waals surface area contributed by atoms with Gasteiger partial charge in [-0.05, 0) is 49.1 Å². The molecule has 0 spiro atoms. The minimum atomic E-state index is -0.356. The molecule has 5 nitrogen and oxygen atoms in total. The number of nitrogens with zero attached hydrogens (tertiary/aromatic N) is 1. The first kappa shape index (κ1) is 16.5. The van der Waals surface area contributed by atoms with E-state index in [9.17, 15) is 9.59 Å². The maximum Gasteiger partial charge on any atom is 0.252 e. The molecule has 1 aliphatic heterocycles. The molecule has 1 atom stereocenters. The third-order valence-corrected chi connectivity index (χ3v) is 5.10. The SMILES string of the molecule is CCc1cc(-c2ccc([C@H]3CCCNC3=O)c(=O)[nH]2)cc2ncccc12. The summed E-state index contributed by atoms with van der Waals surface area (Å²) in [5, 5.41) is 3.98. The fraction of sp³-hybridized carbons (Fsp3) is 0.286. The van der Waals surface area contributed by atoms with E-state index in [1.54, 1.807) is 12.3 Å². The average molecular weight is 347 g/mol. The van der Waals surface area contributed by atoms with Gasteiger partial charge in [0.2, 0.25) is 5.91 Å². The Morgan fingerprint density at radius 1 is 1.19 bits per heavy atom. The molecule has 1 fully saturated rings. The van der Waals surface area contributed by atoms with Crippen LogP contribution in [0.3, 0.4) is 0 Å². The number of hydrogen-bond acceptors (Lipinski definition) is 3. The van der Waals surface area contributed by atoms with Crippen molar-refractivity contribution < 1.29 is 4.79 Å². The second-order valence-corrected chi connectivity index (χ2v) is 6.70. The molecule has 0 radical (unpaired) electrons. The smallest absolute Gasteiger partial charge is 0.252 e. The lowest BCUT2D eigenvalue weighted by molar-refractivity contribution is -0.123. The molecule has 1 aliphatic rings. The summed E-state index contributed by atoms with van der Waals surface area (Å²) in [6.45, 7) is 2.80. The van der Waals surface area contributed by atoms with Crippen molar-refractivity contribution in [2.24, 2.45) is 0 Å². The molecule has 1 aromatic carbocycles. The van der Waals surface area contributed by atoms with Gasteiger partial charge in [-0.25, -0.2) is 0 Å². The zero-order valence-electron chi connectivity index (χ0n) is 14.7. The lowest BCUT2D eigenvalue weighted by atomic mass is 9.91. The topological polar surface area (TPSA) is 74.8 Å². The molecule has 4 rings (SSSR count). The van der Waals surface area contributed by atoms with Crippen LogP contribution in [0.4, 0.5) is 0 Å². The number of rotatable bonds is 3. The monoisotopic (exact) mass is 347 g/mol. The van der Waals surface area contributed by atoms with Gasteiger partial charge in [0.05, 0.1) is 11.4 Å². The van der Waals surface area contributed by atoms with Crippen molar-refractivity contribution in [3.05, 3.63) is 64.1 Å². The summed E-state index contributed by atoms with van der Waals surface area (Å²) in [5.74, 6) is -0.413. The maximum absolute atomic E-state index is 12.6. The van der Waals surface area contributed by atoms with Crippen molar-refractivity contribution in [3.63, 3.8) is 0 Å². The largest absolute Gasteiger partial charge is 0.356 e. The van der Waals surface area contributed by atoms with Crippen LogP contribution in [-0.2, 0) is 11.2 Å². The Hall–Kier alpha value is -2.95. The van der Waals surface area contributed by atoms with E-state index in [4.69, 9.17) is 0 Å². The molecular formula is C21H21N3O2. The van der Waals surface area contributed by atoms with Gasteiger partial charge in [-0.15, -0.1) is 0 Å². The van der Waals surface area contributed by atoms with Crippen LogP contribution in [-0.4, -0.2) is 22.4 Å². The second kappa shape index (κ2) is 6.75. The number of H-pyrrole nitrogens is 1. The number of nitrogens with one attached hydrogen (secondary N) is 2. The number of carbonyl (C=O) groups is 1. The van der Waals surface area contributed by atoms with E-state index >= 15 is 0 Å². The summed E-state index contributed by atoms with van der Waals surface area (Å²) in [4.78, 5) is 32.1. The Kier molecular flexibility index (Phi) is 4.29. The van der Waals surface area contributed by atoms with Gasteiger partial charge >= 0.3 is 0 Å². The van der Waals surface area contributed by atoms with Crippen LogP contribution in [0.2, 0.25) is 0 Å². The highest BCUT2D eigenvalue weighted by molar-refractivity contribution is 5.87. The predicted octanol–water partition coefficient (Wildman–Crippen LogP) is 3.15. The second-order valence-electron chi connectivity index (χ2n) is 6.70. The molecule has 0 bridgehead atoms. The standard InChI is InChI=1S/C21H21N3O2/c1-2-13-11-14(12-19-15(13)5-3-9-22-19)18-8-7-17(21(26)24-18)16-6-4-10-23-20(16)25/h3,5,7-9,11-12,16H,2,4,6,10H2,1H3,(H,23,25)(H,24,26)/t16-/m1/s1. The van der Waals surface area contributed by atoms with Crippen molar-refractivity contribution >= 4 is 16.8 Å². The van der Waals surface area contributed by atoms with Crippen LogP contribution in [0.5, 0.6) is 0 Å². The number of aryl methyl sites for hydroxylation is 1. The van der Waals surface area contributed by atoms with E-state index < -0.39 is 0 Å². The van der Waals surface area contributed by atoms with Crippen molar-refractivity contribution in [2.45, 2.75) is 32.1 Å². The highest BCUT2D eigenvalue weighted by atomic mass is 16.2. The lowest BCUT2D eigenvalue weighted by Crippen LogP contribution is -2.37. The number of piperidine rings is 1. The molecule has 0 unspecified atom stereocenters. The first-order valence-corrected chi connectivity index (χ1v) is 9.06. The molecule has 132 valence electrons. The van der Waals surface area contributed by atoms with Crippen molar-refractivity contribution in [1.82, 2.24) is 15.3 Å². The molecular weight excluding hydrogens is 326 g/mol. The maximum atomic E-state index is 12.6. The minimum absolute atomic E-state index is 0.0577. The normalized spacial score (nSPS) is 17.3. The third-order valence-electron chi connectivity index (χ3n) is 5.10. The number of benzene rings is 1. The van der Waals surface area contributed by atoms with Crippen molar-refractivity contribution in [2.75, 3.05) is 6.54 Å². The van der Waals surface area contributed by atoms with Gasteiger partial charge in [0.15, 0.2) is 0 Å². The third kappa shape index (κ3) is 2.90. The van der Waals surface area contributed by atoms with Gasteiger partial charge in [0.1, 0.15) is 0 Å². The number of fused-ring (bicyclic) bond motifs is 1. The Bertz CT molecular complexity index is 1040. The summed E-state index contributed by atoms with van der Waals surface area (Å²) in [7, 11) is 0. The van der Waals surface area contributed by atoms with Crippen LogP contribution in [0.15, 0.2) is 47.4 Å². The zero-order valence-corrected chi connectivity index (χ0v) is 14.7. The molecule has 1 saturated heterocycles. The van der Waals surface area contributed by atoms with E-state index in [1.807, 2.05) is 18.2 Å². The van der Waals surface area contributed by atoms with Crippen LogP contribution < -0.4 is 10.9 Å². The van der Waals surface area contributed by atoms with Crippen LogP contribution in [0, 0.1) is 0 Å². The summed E-state index contributed by atoms with van der Waals surface area (Å²) in [6, 6.07) is 11.8. The summed E-state index contributed by atoms with van der Waals surface area (Å²) in [5.41, 5.74) is 4.15. The summed E-state index contributed by atoms with van der Waals surface area (Å²) in [6.07, 6.45) is 4.28. The van der Waals surface area contributed by atoms with Crippen LogP contribution in [0.25, 0.3) is 22.2 Å². The molecule has 0 aliphatic carbocycles. The first-order valence-electron chi connectivity index (χ1n) is 9.06. The van der Waals surface area contributed by atoms with Gasteiger partial charge in [-0.2, -0.15) is 0 Å².